The number of carbonyl (C=O) groups is 1. The number of allylic oxidation sites excluding steroid dienone is 1. The van der Waals surface area contributed by atoms with E-state index in [9.17, 15) is 14.9 Å². The molecule has 1 rings (SSSR count). The van der Waals surface area contributed by atoms with Crippen LogP contribution in [0, 0.1) is 17.0 Å². The van der Waals surface area contributed by atoms with Gasteiger partial charge in [-0.15, -0.1) is 0 Å². The summed E-state index contributed by atoms with van der Waals surface area (Å²) in [6.07, 6.45) is 1.43. The monoisotopic (exact) mass is 251 g/mol. The predicted octanol–water partition coefficient (Wildman–Crippen LogP) is 2.36. The van der Waals surface area contributed by atoms with Crippen LogP contribution in [0.5, 0.6) is 5.75 Å². The lowest BCUT2D eigenvalue weighted by molar-refractivity contribution is -0.384. The molecule has 0 spiro atoms. The van der Waals surface area contributed by atoms with Gasteiger partial charge in [0.1, 0.15) is 5.75 Å². The first kappa shape index (κ1) is 13.7. The van der Waals surface area contributed by atoms with E-state index in [-0.39, 0.29) is 17.2 Å². The molecule has 0 N–H and O–H groups in total. The third kappa shape index (κ3) is 3.07. The molecule has 0 heterocycles. The number of rotatable bonds is 4. The number of ether oxygens (including phenoxy) is 2. The largest absolute Gasteiger partial charge is 0.463 e. The Morgan fingerprint density at radius 3 is 2.61 bits per heavy atom. The number of nitro groups is 1. The highest BCUT2D eigenvalue weighted by atomic mass is 16.6. The van der Waals surface area contributed by atoms with Gasteiger partial charge < -0.3 is 9.47 Å². The summed E-state index contributed by atoms with van der Waals surface area (Å²) >= 11 is 0. The van der Waals surface area contributed by atoms with Crippen molar-refractivity contribution >= 4 is 11.7 Å². The van der Waals surface area contributed by atoms with Gasteiger partial charge >= 0.3 is 5.97 Å². The number of benzene rings is 1. The predicted molar refractivity (Wildman–Crippen MR) is 64.2 cm³/mol. The summed E-state index contributed by atoms with van der Waals surface area (Å²) in [4.78, 5) is 21.5. The lowest BCUT2D eigenvalue weighted by Gasteiger charge is -2.09. The minimum Gasteiger partial charge on any atom is -0.463 e. The topological polar surface area (TPSA) is 78.7 Å². The lowest BCUT2D eigenvalue weighted by Crippen LogP contribution is -2.11. The van der Waals surface area contributed by atoms with Crippen molar-refractivity contribution in [3.63, 3.8) is 0 Å². The summed E-state index contributed by atoms with van der Waals surface area (Å²) in [6, 6.07) is 4.19. The summed E-state index contributed by atoms with van der Waals surface area (Å²) in [5, 5.41) is 10.7. The van der Waals surface area contributed by atoms with E-state index in [1.807, 2.05) is 0 Å². The molecule has 0 fully saturated rings. The first-order valence-corrected chi connectivity index (χ1v) is 5.17. The number of aryl methyl sites for hydroxylation is 1. The molecule has 0 amide bonds. The second-order valence-electron chi connectivity index (χ2n) is 3.45. The molecular formula is C12H13NO5. The van der Waals surface area contributed by atoms with Crippen molar-refractivity contribution in [2.45, 2.75) is 13.8 Å². The Hall–Kier alpha value is -2.37. The third-order valence-electron chi connectivity index (χ3n) is 2.25. The molecule has 0 aliphatic rings. The summed E-state index contributed by atoms with van der Waals surface area (Å²) in [7, 11) is 1.23. The van der Waals surface area contributed by atoms with E-state index in [0.29, 0.717) is 5.56 Å². The van der Waals surface area contributed by atoms with Crippen LogP contribution in [0.1, 0.15) is 12.5 Å². The van der Waals surface area contributed by atoms with E-state index in [1.54, 1.807) is 19.9 Å². The highest BCUT2D eigenvalue weighted by Gasteiger charge is 2.15. The van der Waals surface area contributed by atoms with Crippen LogP contribution in [0.25, 0.3) is 0 Å². The van der Waals surface area contributed by atoms with Gasteiger partial charge in [0, 0.05) is 6.07 Å². The Bertz CT molecular complexity index is 507. The van der Waals surface area contributed by atoms with Crippen LogP contribution in [0.2, 0.25) is 0 Å². The lowest BCUT2D eigenvalue weighted by atomic mass is 10.2. The summed E-state index contributed by atoms with van der Waals surface area (Å²) in [5.41, 5.74) is 0.583. The van der Waals surface area contributed by atoms with E-state index in [4.69, 9.17) is 4.74 Å². The molecule has 0 saturated heterocycles. The highest BCUT2D eigenvalue weighted by Crippen LogP contribution is 2.25. The molecule has 1 aromatic carbocycles. The van der Waals surface area contributed by atoms with Crippen LogP contribution in [0.4, 0.5) is 5.69 Å². The van der Waals surface area contributed by atoms with Gasteiger partial charge in [0.15, 0.2) is 0 Å². The van der Waals surface area contributed by atoms with E-state index >= 15 is 0 Å². The Morgan fingerprint density at radius 2 is 2.11 bits per heavy atom. The van der Waals surface area contributed by atoms with Gasteiger partial charge in [-0.1, -0.05) is 0 Å². The van der Waals surface area contributed by atoms with Gasteiger partial charge in [0.2, 0.25) is 5.76 Å². The van der Waals surface area contributed by atoms with Gasteiger partial charge in [-0.3, -0.25) is 10.1 Å². The van der Waals surface area contributed by atoms with Crippen LogP contribution in [0.15, 0.2) is 30.0 Å². The fourth-order valence-electron chi connectivity index (χ4n) is 1.25. The Labute approximate surface area is 104 Å². The second kappa shape index (κ2) is 5.81. The van der Waals surface area contributed by atoms with Crippen LogP contribution in [-0.4, -0.2) is 18.0 Å². The molecule has 0 aromatic heterocycles. The molecular weight excluding hydrogens is 238 g/mol. The number of nitro benzene ring substituents is 1. The molecule has 0 saturated carbocycles. The zero-order valence-electron chi connectivity index (χ0n) is 10.3. The van der Waals surface area contributed by atoms with Crippen molar-refractivity contribution in [3.8, 4) is 5.75 Å². The molecule has 0 radical (unpaired) electrons. The maximum Gasteiger partial charge on any atom is 0.373 e. The third-order valence-corrected chi connectivity index (χ3v) is 2.25. The quantitative estimate of drug-likeness (QED) is 0.270. The van der Waals surface area contributed by atoms with E-state index in [0.717, 1.165) is 0 Å². The molecule has 6 heteroatoms. The molecule has 0 bridgehead atoms. The van der Waals surface area contributed by atoms with Gasteiger partial charge in [0.05, 0.1) is 18.1 Å². The Kier molecular flexibility index (Phi) is 4.42. The zero-order chi connectivity index (χ0) is 13.7. The molecule has 18 heavy (non-hydrogen) atoms. The molecule has 1 aromatic rings. The smallest absolute Gasteiger partial charge is 0.373 e. The summed E-state index contributed by atoms with van der Waals surface area (Å²) < 4.78 is 9.85. The highest BCUT2D eigenvalue weighted by molar-refractivity contribution is 5.86. The summed E-state index contributed by atoms with van der Waals surface area (Å²) in [6.45, 7) is 3.34. The van der Waals surface area contributed by atoms with E-state index in [1.165, 1.54) is 25.3 Å². The zero-order valence-corrected chi connectivity index (χ0v) is 10.3. The minimum atomic E-state index is -0.636. The maximum absolute atomic E-state index is 11.3. The summed E-state index contributed by atoms with van der Waals surface area (Å²) in [5.74, 6) is -0.396. The Morgan fingerprint density at radius 1 is 1.44 bits per heavy atom. The average molecular weight is 251 g/mol. The maximum atomic E-state index is 11.3. The Balaban J connectivity index is 3.06. The standard InChI is InChI=1S/C12H13NO5/c1-4-10(12(14)17-3)18-11-7-9(13(15)16)6-5-8(11)2/h4-7H,1-3H3/b10-4-. The number of nitrogens with zero attached hydrogens (tertiary/aromatic N) is 1. The van der Waals surface area contributed by atoms with Gasteiger partial charge in [-0.2, -0.15) is 0 Å². The molecule has 0 aliphatic carbocycles. The SMILES string of the molecule is C/C=C(\Oc1cc([N+](=O)[O-])ccc1C)C(=O)OC. The number of hydrogen-bond acceptors (Lipinski definition) is 5. The first-order valence-electron chi connectivity index (χ1n) is 5.17. The van der Waals surface area contributed by atoms with Gasteiger partial charge in [-0.25, -0.2) is 4.79 Å². The van der Waals surface area contributed by atoms with Crippen LogP contribution in [-0.2, 0) is 9.53 Å². The van der Waals surface area contributed by atoms with Crippen molar-refractivity contribution in [2.75, 3.05) is 7.11 Å². The number of non-ortho nitro benzene ring substituents is 1. The molecule has 0 unspecified atom stereocenters. The average Bonchev–Trinajstić information content (AvgIpc) is 2.36. The molecule has 0 aliphatic heterocycles. The number of methoxy groups -OCH3 is 1. The fraction of sp³-hybridized carbons (Fsp3) is 0.250. The normalized spacial score (nSPS) is 10.9. The second-order valence-corrected chi connectivity index (χ2v) is 3.45. The first-order chi connectivity index (χ1) is 8.49. The number of hydrogen-bond donors (Lipinski definition) is 0. The van der Waals surface area contributed by atoms with E-state index < -0.39 is 10.9 Å². The van der Waals surface area contributed by atoms with Crippen LogP contribution < -0.4 is 4.74 Å². The molecule has 0 atom stereocenters. The molecule has 96 valence electrons. The van der Waals surface area contributed by atoms with Crippen molar-refractivity contribution in [1.29, 1.82) is 0 Å². The van der Waals surface area contributed by atoms with Gasteiger partial charge in [-0.05, 0) is 31.6 Å². The fourth-order valence-corrected chi connectivity index (χ4v) is 1.25. The van der Waals surface area contributed by atoms with Crippen molar-refractivity contribution in [1.82, 2.24) is 0 Å². The van der Waals surface area contributed by atoms with Crippen molar-refractivity contribution in [2.24, 2.45) is 0 Å². The van der Waals surface area contributed by atoms with Crippen molar-refractivity contribution in [3.05, 3.63) is 45.7 Å². The van der Waals surface area contributed by atoms with E-state index in [2.05, 4.69) is 4.74 Å². The van der Waals surface area contributed by atoms with Gasteiger partial charge in [0.25, 0.3) is 5.69 Å². The van der Waals surface area contributed by atoms with Crippen LogP contribution in [0.3, 0.4) is 0 Å². The number of esters is 1. The minimum absolute atomic E-state index is 0.0129. The van der Waals surface area contributed by atoms with Crippen molar-refractivity contribution < 1.29 is 19.2 Å². The van der Waals surface area contributed by atoms with Crippen LogP contribution >= 0.6 is 0 Å². The number of carbonyl (C=O) groups excluding carboxylic acids is 1. The molecule has 6 nitrogen and oxygen atoms in total.